The summed E-state index contributed by atoms with van der Waals surface area (Å²) in [6.45, 7) is 7.30. The van der Waals surface area contributed by atoms with Crippen molar-refractivity contribution in [3.63, 3.8) is 0 Å². The van der Waals surface area contributed by atoms with Crippen molar-refractivity contribution in [3.05, 3.63) is 0 Å². The molecule has 0 radical (unpaired) electrons. The molecule has 0 aromatic rings. The molecule has 0 rings (SSSR count). The molecule has 15 heavy (non-hydrogen) atoms. The summed E-state index contributed by atoms with van der Waals surface area (Å²) in [6, 6.07) is 0. The summed E-state index contributed by atoms with van der Waals surface area (Å²) < 4.78 is 22.9. The number of hydrogen-bond donors (Lipinski definition) is 1. The minimum Gasteiger partial charge on any atom is -0.330 e. The van der Waals surface area contributed by atoms with Crippen LogP contribution in [0.5, 0.6) is 0 Å². The predicted molar refractivity (Wildman–Crippen MR) is 64.7 cm³/mol. The Labute approximate surface area is 93.7 Å². The van der Waals surface area contributed by atoms with Crippen LogP contribution in [-0.2, 0) is 9.84 Å². The van der Waals surface area contributed by atoms with E-state index in [1.807, 2.05) is 11.9 Å². The van der Waals surface area contributed by atoms with E-state index in [-0.39, 0.29) is 5.75 Å². The average molecular weight is 236 g/mol. The normalized spacial score (nSPS) is 13.5. The quantitative estimate of drug-likeness (QED) is 0.728. The van der Waals surface area contributed by atoms with E-state index in [0.29, 0.717) is 13.1 Å². The van der Waals surface area contributed by atoms with Gasteiger partial charge >= 0.3 is 0 Å². The SMILES string of the molecule is CN(CCCN)CCS(=O)(=O)C(C)(C)C. The maximum Gasteiger partial charge on any atom is 0.156 e. The highest BCUT2D eigenvalue weighted by Gasteiger charge is 2.28. The maximum absolute atomic E-state index is 11.8. The molecular weight excluding hydrogens is 212 g/mol. The topological polar surface area (TPSA) is 63.4 Å². The molecule has 0 fully saturated rings. The molecular formula is C10H24N2O2S. The van der Waals surface area contributed by atoms with Crippen LogP contribution in [0, 0.1) is 0 Å². The second kappa shape index (κ2) is 5.82. The van der Waals surface area contributed by atoms with Gasteiger partial charge in [-0.1, -0.05) is 0 Å². The van der Waals surface area contributed by atoms with E-state index in [1.54, 1.807) is 20.8 Å². The van der Waals surface area contributed by atoms with Crippen LogP contribution in [0.15, 0.2) is 0 Å². The average Bonchev–Trinajstić information content (AvgIpc) is 2.09. The van der Waals surface area contributed by atoms with Gasteiger partial charge in [0.2, 0.25) is 0 Å². The zero-order chi connectivity index (χ0) is 12.1. The van der Waals surface area contributed by atoms with Crippen molar-refractivity contribution in [2.24, 2.45) is 5.73 Å². The highest BCUT2D eigenvalue weighted by atomic mass is 32.2. The molecule has 4 nitrogen and oxygen atoms in total. The van der Waals surface area contributed by atoms with Gasteiger partial charge < -0.3 is 10.6 Å². The van der Waals surface area contributed by atoms with Gasteiger partial charge in [0.25, 0.3) is 0 Å². The Morgan fingerprint density at radius 2 is 1.73 bits per heavy atom. The third kappa shape index (κ3) is 5.49. The minimum atomic E-state index is -2.99. The fourth-order valence-electron chi connectivity index (χ4n) is 1.06. The van der Waals surface area contributed by atoms with E-state index < -0.39 is 14.6 Å². The monoisotopic (exact) mass is 236 g/mol. The van der Waals surface area contributed by atoms with Crippen molar-refractivity contribution in [1.29, 1.82) is 0 Å². The van der Waals surface area contributed by atoms with Crippen molar-refractivity contribution in [1.82, 2.24) is 4.90 Å². The smallest absolute Gasteiger partial charge is 0.156 e. The molecule has 0 heterocycles. The van der Waals surface area contributed by atoms with Crippen LogP contribution in [0.4, 0.5) is 0 Å². The fraction of sp³-hybridized carbons (Fsp3) is 1.00. The first kappa shape index (κ1) is 14.9. The Morgan fingerprint density at radius 1 is 1.20 bits per heavy atom. The van der Waals surface area contributed by atoms with Crippen molar-refractivity contribution in [2.75, 3.05) is 32.4 Å². The molecule has 0 unspecified atom stereocenters. The molecule has 2 N–H and O–H groups in total. The third-order valence-corrected chi connectivity index (χ3v) is 5.00. The highest BCUT2D eigenvalue weighted by molar-refractivity contribution is 7.92. The van der Waals surface area contributed by atoms with Crippen LogP contribution < -0.4 is 5.73 Å². The van der Waals surface area contributed by atoms with Crippen LogP contribution in [0.25, 0.3) is 0 Å². The molecule has 0 aliphatic heterocycles. The summed E-state index contributed by atoms with van der Waals surface area (Å²) >= 11 is 0. The zero-order valence-corrected chi connectivity index (χ0v) is 11.1. The van der Waals surface area contributed by atoms with Crippen molar-refractivity contribution in [2.45, 2.75) is 31.9 Å². The molecule has 0 atom stereocenters. The van der Waals surface area contributed by atoms with E-state index in [0.717, 1.165) is 13.0 Å². The molecule has 0 bridgehead atoms. The Kier molecular flexibility index (Phi) is 5.77. The Bertz CT molecular complexity index is 268. The predicted octanol–water partition coefficient (Wildman–Crippen LogP) is 0.480. The van der Waals surface area contributed by atoms with Crippen LogP contribution in [0.1, 0.15) is 27.2 Å². The lowest BCUT2D eigenvalue weighted by Crippen LogP contribution is -2.35. The highest BCUT2D eigenvalue weighted by Crippen LogP contribution is 2.15. The Balaban J connectivity index is 4.06. The number of rotatable bonds is 6. The van der Waals surface area contributed by atoms with Crippen LogP contribution in [0.2, 0.25) is 0 Å². The first-order valence-electron chi connectivity index (χ1n) is 5.31. The second-order valence-corrected chi connectivity index (χ2v) is 7.74. The summed E-state index contributed by atoms with van der Waals surface area (Å²) in [7, 11) is -1.07. The molecule has 5 heteroatoms. The fourth-order valence-corrected chi connectivity index (χ4v) is 2.22. The van der Waals surface area contributed by atoms with Gasteiger partial charge in [-0.15, -0.1) is 0 Å². The molecule has 92 valence electrons. The molecule has 0 aliphatic rings. The van der Waals surface area contributed by atoms with Crippen LogP contribution in [-0.4, -0.2) is 50.5 Å². The minimum absolute atomic E-state index is 0.220. The van der Waals surface area contributed by atoms with E-state index in [2.05, 4.69) is 0 Å². The van der Waals surface area contributed by atoms with Gasteiger partial charge in [0.1, 0.15) is 0 Å². The van der Waals surface area contributed by atoms with E-state index >= 15 is 0 Å². The lowest BCUT2D eigenvalue weighted by atomic mass is 10.3. The third-order valence-electron chi connectivity index (χ3n) is 2.42. The van der Waals surface area contributed by atoms with Crippen LogP contribution in [0.3, 0.4) is 0 Å². The van der Waals surface area contributed by atoms with Gasteiger partial charge in [-0.25, -0.2) is 8.42 Å². The molecule has 0 aromatic carbocycles. The molecule has 0 aromatic heterocycles. The van der Waals surface area contributed by atoms with E-state index in [1.165, 1.54) is 0 Å². The number of nitrogens with two attached hydrogens (primary N) is 1. The largest absolute Gasteiger partial charge is 0.330 e. The zero-order valence-electron chi connectivity index (χ0n) is 10.3. The maximum atomic E-state index is 11.8. The standard InChI is InChI=1S/C10H24N2O2S/c1-10(2,3)15(13,14)9-8-12(4)7-5-6-11/h5-9,11H2,1-4H3. The van der Waals surface area contributed by atoms with E-state index in [9.17, 15) is 8.42 Å². The van der Waals surface area contributed by atoms with Gasteiger partial charge in [-0.3, -0.25) is 0 Å². The lowest BCUT2D eigenvalue weighted by molar-refractivity contribution is 0.349. The summed E-state index contributed by atoms with van der Waals surface area (Å²) in [6.07, 6.45) is 0.909. The molecule has 0 spiro atoms. The van der Waals surface area contributed by atoms with Gasteiger partial charge in [0, 0.05) is 6.54 Å². The van der Waals surface area contributed by atoms with Crippen LogP contribution >= 0.6 is 0 Å². The van der Waals surface area contributed by atoms with Gasteiger partial charge in [0.05, 0.1) is 10.5 Å². The molecule has 0 amide bonds. The van der Waals surface area contributed by atoms with Crippen molar-refractivity contribution in [3.8, 4) is 0 Å². The summed E-state index contributed by atoms with van der Waals surface area (Å²) in [5, 5.41) is 0. The van der Waals surface area contributed by atoms with Gasteiger partial charge in [0.15, 0.2) is 9.84 Å². The number of sulfone groups is 1. The van der Waals surface area contributed by atoms with Gasteiger partial charge in [-0.2, -0.15) is 0 Å². The molecule has 0 saturated carbocycles. The Hall–Kier alpha value is -0.130. The number of nitrogens with zero attached hydrogens (tertiary/aromatic N) is 1. The van der Waals surface area contributed by atoms with Gasteiger partial charge in [-0.05, 0) is 47.3 Å². The second-order valence-electron chi connectivity index (χ2n) is 4.88. The Morgan fingerprint density at radius 3 is 2.13 bits per heavy atom. The number of hydrogen-bond acceptors (Lipinski definition) is 4. The summed E-state index contributed by atoms with van der Waals surface area (Å²) in [5.41, 5.74) is 5.38. The van der Waals surface area contributed by atoms with Crippen molar-refractivity contribution >= 4 is 9.84 Å². The summed E-state index contributed by atoms with van der Waals surface area (Å²) in [4.78, 5) is 2.01. The molecule has 0 aliphatic carbocycles. The van der Waals surface area contributed by atoms with Crippen molar-refractivity contribution < 1.29 is 8.42 Å². The van der Waals surface area contributed by atoms with E-state index in [4.69, 9.17) is 5.73 Å². The first-order valence-corrected chi connectivity index (χ1v) is 6.97. The molecule has 0 saturated heterocycles. The summed E-state index contributed by atoms with van der Waals surface area (Å²) in [5.74, 6) is 0.220. The lowest BCUT2D eigenvalue weighted by Gasteiger charge is -2.22. The first-order chi connectivity index (χ1) is 6.70.